The maximum atomic E-state index is 14.0. The van der Waals surface area contributed by atoms with E-state index < -0.39 is 17.9 Å². The molecule has 57 heavy (non-hydrogen) atoms. The number of thioether (sulfide) groups is 1. The number of fused-ring (bicyclic) bond motifs is 4. The van der Waals surface area contributed by atoms with Crippen LogP contribution in [0.4, 0.5) is 0 Å². The number of rotatable bonds is 11. The lowest BCUT2D eigenvalue weighted by molar-refractivity contribution is -0.154. The van der Waals surface area contributed by atoms with E-state index in [1.807, 2.05) is 42.3 Å². The Bertz CT molecular complexity index is 2290. The van der Waals surface area contributed by atoms with Crippen molar-refractivity contribution in [3.05, 3.63) is 71.5 Å². The first-order valence-corrected chi connectivity index (χ1v) is 21.9. The number of nitrogens with two attached hydrogens (primary N) is 1. The minimum absolute atomic E-state index is 0.0112. The third-order valence-corrected chi connectivity index (χ3v) is 13.8. The number of likely N-dealkylation sites (tertiary alicyclic amines) is 2. The molecule has 2 saturated heterocycles. The van der Waals surface area contributed by atoms with Crippen molar-refractivity contribution in [3.8, 4) is 11.3 Å². The molecule has 300 valence electrons. The molecule has 1 saturated carbocycles. The molecule has 14 heteroatoms. The third-order valence-electron chi connectivity index (χ3n) is 13.1. The first-order chi connectivity index (χ1) is 27.6. The molecule has 2 aliphatic carbocycles. The molecule has 13 nitrogen and oxygen atoms in total. The van der Waals surface area contributed by atoms with Crippen LogP contribution in [0.5, 0.6) is 0 Å². The highest BCUT2D eigenvalue weighted by Gasteiger charge is 2.48. The predicted molar refractivity (Wildman–Crippen MR) is 219 cm³/mol. The first kappa shape index (κ1) is 37.7. The lowest BCUT2D eigenvalue weighted by atomic mass is 9.63. The molecule has 3 aliphatic heterocycles. The van der Waals surface area contributed by atoms with Crippen LogP contribution >= 0.6 is 11.8 Å². The number of hydrogen-bond acceptors (Lipinski definition) is 8. The van der Waals surface area contributed by atoms with Gasteiger partial charge in [-0.3, -0.25) is 14.4 Å². The Morgan fingerprint density at radius 1 is 0.947 bits per heavy atom. The number of aromatic nitrogens is 5. The Morgan fingerprint density at radius 3 is 2.32 bits per heavy atom. The van der Waals surface area contributed by atoms with Crippen molar-refractivity contribution >= 4 is 51.6 Å². The van der Waals surface area contributed by atoms with Gasteiger partial charge in [-0.15, -0.1) is 0 Å². The second-order valence-corrected chi connectivity index (χ2v) is 17.7. The lowest BCUT2D eigenvalue weighted by Gasteiger charge is -2.42. The van der Waals surface area contributed by atoms with Gasteiger partial charge in [0, 0.05) is 41.3 Å². The van der Waals surface area contributed by atoms with Gasteiger partial charge in [0.15, 0.2) is 6.73 Å². The van der Waals surface area contributed by atoms with Crippen LogP contribution < -0.4 is 5.73 Å². The number of amides is 2. The fourth-order valence-electron chi connectivity index (χ4n) is 10.1. The zero-order valence-electron chi connectivity index (χ0n) is 32.9. The number of nitrogens with zero attached hydrogens (tertiary/aromatic N) is 5. The summed E-state index contributed by atoms with van der Waals surface area (Å²) in [5.41, 5.74) is 13.7. The number of carbonyl (C=O) groups excluding carboxylic acids is 2. The molecule has 0 radical (unpaired) electrons. The summed E-state index contributed by atoms with van der Waals surface area (Å²) in [6.45, 7) is 5.84. The van der Waals surface area contributed by atoms with E-state index in [1.165, 1.54) is 5.57 Å². The number of aromatic amines is 2. The second kappa shape index (κ2) is 15.2. The van der Waals surface area contributed by atoms with Crippen molar-refractivity contribution in [2.24, 2.45) is 29.4 Å². The fourth-order valence-corrected chi connectivity index (χ4v) is 10.6. The number of allylic oxidation sites excluding steroid dienone is 3. The van der Waals surface area contributed by atoms with E-state index in [0.717, 1.165) is 101 Å². The summed E-state index contributed by atoms with van der Waals surface area (Å²) in [4.78, 5) is 59.5. The van der Waals surface area contributed by atoms with Gasteiger partial charge in [-0.2, -0.15) is 11.8 Å². The van der Waals surface area contributed by atoms with Crippen molar-refractivity contribution < 1.29 is 24.2 Å². The summed E-state index contributed by atoms with van der Waals surface area (Å²) in [5, 5.41) is 10.9. The van der Waals surface area contributed by atoms with Gasteiger partial charge in [0.2, 0.25) is 11.8 Å². The van der Waals surface area contributed by atoms with Crippen LogP contribution in [-0.4, -0.2) is 88.3 Å². The van der Waals surface area contributed by atoms with Crippen LogP contribution in [0.25, 0.3) is 33.3 Å². The van der Waals surface area contributed by atoms with Crippen LogP contribution in [0.3, 0.4) is 0 Å². The standard InChI is InChI=1S/C43H52N8O5S/c1-23(2)38(27-11-12-28(27)43(54)55)42(53)50-15-5-7-35(50)40-46-20-32(48-40)25-8-10-29-36-17-26-16-24(9-13-33(26)51(36)22-56-37(29)18-25)31-19-45-39(47-31)34-6-4-14-49(34)41(52)30(44)21-57-3/h9,13,16-20,23,27-28,30,34-35,38H,4-8,10-12,14-15,21-22,44H2,1-3H3,(H,45,47)(H,46,48)(H,54,55). The van der Waals surface area contributed by atoms with E-state index in [4.69, 9.17) is 20.4 Å². The van der Waals surface area contributed by atoms with E-state index in [2.05, 4.69) is 44.9 Å². The smallest absolute Gasteiger partial charge is 0.306 e. The molecule has 0 bridgehead atoms. The summed E-state index contributed by atoms with van der Waals surface area (Å²) < 4.78 is 8.65. The van der Waals surface area contributed by atoms with E-state index in [-0.39, 0.29) is 41.7 Å². The third kappa shape index (κ3) is 6.67. The summed E-state index contributed by atoms with van der Waals surface area (Å²) in [7, 11) is 0. The number of aliphatic carboxylic acids is 1. The van der Waals surface area contributed by atoms with Crippen molar-refractivity contribution in [2.45, 2.75) is 90.1 Å². The number of carboxylic acids is 1. The van der Waals surface area contributed by atoms with Gasteiger partial charge in [-0.1, -0.05) is 19.9 Å². The summed E-state index contributed by atoms with van der Waals surface area (Å²) in [6, 6.07) is 7.95. The predicted octanol–water partition coefficient (Wildman–Crippen LogP) is 6.73. The number of benzene rings is 1. The van der Waals surface area contributed by atoms with Crippen LogP contribution in [-0.2, 0) is 25.9 Å². The van der Waals surface area contributed by atoms with Crippen molar-refractivity contribution in [1.29, 1.82) is 0 Å². The Kier molecular flexibility index (Phi) is 10.0. The number of nitrogens with one attached hydrogen (secondary N) is 2. The zero-order chi connectivity index (χ0) is 39.5. The van der Waals surface area contributed by atoms with Gasteiger partial charge in [-0.25, -0.2) is 9.97 Å². The van der Waals surface area contributed by atoms with Crippen molar-refractivity contribution in [2.75, 3.05) is 25.1 Å². The number of H-pyrrole nitrogens is 2. The van der Waals surface area contributed by atoms with Gasteiger partial charge in [0.25, 0.3) is 0 Å². The molecule has 5 aliphatic rings. The van der Waals surface area contributed by atoms with Gasteiger partial charge in [-0.05, 0) is 99.3 Å². The molecule has 2 amide bonds. The van der Waals surface area contributed by atoms with Gasteiger partial charge < -0.3 is 39.9 Å². The highest BCUT2D eigenvalue weighted by atomic mass is 32.2. The Hall–Kier alpha value is -4.82. The molecular formula is C43H52N8O5S. The maximum Gasteiger partial charge on any atom is 0.306 e. The van der Waals surface area contributed by atoms with E-state index in [9.17, 15) is 19.5 Å². The zero-order valence-corrected chi connectivity index (χ0v) is 33.7. The minimum Gasteiger partial charge on any atom is -0.481 e. The Labute approximate surface area is 336 Å². The number of imidazole rings is 2. The van der Waals surface area contributed by atoms with Gasteiger partial charge in [0.05, 0.1) is 59.0 Å². The average Bonchev–Trinajstić information content (AvgIpc) is 4.04. The Balaban J connectivity index is 0.920. The summed E-state index contributed by atoms with van der Waals surface area (Å²) in [6.07, 6.45) is 14.4. The van der Waals surface area contributed by atoms with Crippen LogP contribution in [0.1, 0.15) is 100 Å². The highest BCUT2D eigenvalue weighted by Crippen LogP contribution is 2.46. The van der Waals surface area contributed by atoms with Crippen LogP contribution in [0.2, 0.25) is 0 Å². The molecule has 3 aromatic heterocycles. The highest BCUT2D eigenvalue weighted by molar-refractivity contribution is 7.98. The molecule has 6 heterocycles. The van der Waals surface area contributed by atoms with Crippen LogP contribution in [0, 0.1) is 23.7 Å². The van der Waals surface area contributed by atoms with Crippen molar-refractivity contribution in [1.82, 2.24) is 34.3 Å². The van der Waals surface area contributed by atoms with E-state index >= 15 is 0 Å². The summed E-state index contributed by atoms with van der Waals surface area (Å²) >= 11 is 1.58. The molecule has 6 atom stereocenters. The van der Waals surface area contributed by atoms with Gasteiger partial charge in [0.1, 0.15) is 17.4 Å². The Morgan fingerprint density at radius 2 is 1.65 bits per heavy atom. The minimum atomic E-state index is -0.787. The number of ether oxygens (including phenoxy) is 1. The summed E-state index contributed by atoms with van der Waals surface area (Å²) in [5.74, 6) is 1.55. The molecule has 9 rings (SSSR count). The molecule has 1 aromatic carbocycles. The van der Waals surface area contributed by atoms with Gasteiger partial charge >= 0.3 is 5.97 Å². The SMILES string of the molecule is CSCC(N)C(=O)N1CCCC1c1ncc(-c2ccc3c(c2)cc2n3COC3=C2CCC(c2cnc(C4CCCN4C(=O)C(C(C)C)C4CCC4C(=O)O)[nH]2)=C3)[nH]1. The number of hydrogen-bond donors (Lipinski definition) is 4. The molecule has 0 spiro atoms. The molecule has 5 N–H and O–H groups in total. The van der Waals surface area contributed by atoms with Crippen LogP contribution in [0.15, 0.2) is 48.5 Å². The first-order valence-electron chi connectivity index (χ1n) is 20.5. The largest absolute Gasteiger partial charge is 0.481 e. The molecular weight excluding hydrogens is 741 g/mol. The molecule has 3 fully saturated rings. The lowest BCUT2D eigenvalue weighted by Crippen LogP contribution is -2.48. The second-order valence-electron chi connectivity index (χ2n) is 16.8. The average molecular weight is 793 g/mol. The monoisotopic (exact) mass is 792 g/mol. The van der Waals surface area contributed by atoms with Crippen molar-refractivity contribution in [3.63, 3.8) is 0 Å². The molecule has 4 aromatic rings. The molecule has 6 unspecified atom stereocenters. The van der Waals surface area contributed by atoms with E-state index in [0.29, 0.717) is 32.0 Å². The maximum absolute atomic E-state index is 14.0. The number of carbonyl (C=O) groups is 3. The fraction of sp³-hybridized carbons (Fsp3) is 0.512. The number of carboxylic acid groups (broad SMARTS) is 1. The quantitative estimate of drug-likeness (QED) is 0.128. The normalized spacial score (nSPS) is 24.3. The topological polar surface area (TPSA) is 175 Å². The van der Waals surface area contributed by atoms with E-state index in [1.54, 1.807) is 11.8 Å².